The molecule has 1 N–H and O–H groups in total. The van der Waals surface area contributed by atoms with Gasteiger partial charge in [0.05, 0.1) is 11.0 Å². The predicted molar refractivity (Wildman–Crippen MR) is 82.5 cm³/mol. The molecule has 0 unspecified atom stereocenters. The van der Waals surface area contributed by atoms with Crippen molar-refractivity contribution in [2.24, 2.45) is 0 Å². The first-order chi connectivity index (χ1) is 10.7. The van der Waals surface area contributed by atoms with E-state index in [1.807, 2.05) is 24.3 Å². The molecule has 112 valence electrons. The predicted octanol–water partition coefficient (Wildman–Crippen LogP) is 3.49. The molecule has 0 amide bonds. The Balaban J connectivity index is 1.58. The minimum atomic E-state index is 0.268. The number of benzene rings is 2. The number of hydrogen-bond acceptors (Lipinski definition) is 4. The van der Waals surface area contributed by atoms with Crippen molar-refractivity contribution < 1.29 is 14.2 Å². The average Bonchev–Trinajstić information content (AvgIpc) is 3.11. The zero-order valence-corrected chi connectivity index (χ0v) is 12.5. The summed E-state index contributed by atoms with van der Waals surface area (Å²) in [5, 5.41) is 0. The molecular weight excluding hydrogens is 280 g/mol. The van der Waals surface area contributed by atoms with Crippen LogP contribution < -0.4 is 14.2 Å². The van der Waals surface area contributed by atoms with Crippen molar-refractivity contribution in [2.45, 2.75) is 20.5 Å². The van der Waals surface area contributed by atoms with E-state index in [0.717, 1.165) is 39.7 Å². The molecule has 0 fully saturated rings. The number of nitrogens with one attached hydrogen (secondary N) is 1. The molecule has 5 nitrogen and oxygen atoms in total. The smallest absolute Gasteiger partial charge is 0.231 e. The second kappa shape index (κ2) is 4.94. The van der Waals surface area contributed by atoms with Crippen LogP contribution in [-0.4, -0.2) is 16.8 Å². The van der Waals surface area contributed by atoms with Crippen molar-refractivity contribution in [1.82, 2.24) is 9.97 Å². The number of rotatable bonds is 3. The van der Waals surface area contributed by atoms with E-state index in [0.29, 0.717) is 6.61 Å². The first-order valence-electron chi connectivity index (χ1n) is 7.18. The van der Waals surface area contributed by atoms with Gasteiger partial charge in [0.2, 0.25) is 6.79 Å². The van der Waals surface area contributed by atoms with Gasteiger partial charge in [0.1, 0.15) is 18.2 Å². The van der Waals surface area contributed by atoms with Gasteiger partial charge in [-0.05, 0) is 31.0 Å². The molecular formula is C17H16N2O3. The van der Waals surface area contributed by atoms with Gasteiger partial charge in [0.25, 0.3) is 0 Å². The Labute approximate surface area is 127 Å². The lowest BCUT2D eigenvalue weighted by Gasteiger charge is -2.09. The molecule has 0 atom stereocenters. The van der Waals surface area contributed by atoms with E-state index in [1.54, 1.807) is 0 Å². The molecule has 0 aliphatic carbocycles. The second-order valence-corrected chi connectivity index (χ2v) is 5.39. The zero-order valence-electron chi connectivity index (χ0n) is 12.5. The second-order valence-electron chi connectivity index (χ2n) is 5.39. The van der Waals surface area contributed by atoms with E-state index in [1.165, 1.54) is 5.56 Å². The van der Waals surface area contributed by atoms with Gasteiger partial charge >= 0.3 is 0 Å². The standard InChI is InChI=1S/C17H16N2O3/c1-10-4-3-5-14(11(10)2)20-8-17-18-12-6-15-16(22-9-21-15)7-13(12)19-17/h3-7H,8-9H2,1-2H3,(H,18,19). The van der Waals surface area contributed by atoms with Crippen LogP contribution in [0.2, 0.25) is 0 Å². The highest BCUT2D eigenvalue weighted by Gasteiger charge is 2.16. The number of aryl methyl sites for hydroxylation is 1. The number of nitrogens with zero attached hydrogens (tertiary/aromatic N) is 1. The van der Waals surface area contributed by atoms with Crippen LogP contribution in [0.25, 0.3) is 11.0 Å². The zero-order chi connectivity index (χ0) is 15.1. The molecule has 0 bridgehead atoms. The maximum atomic E-state index is 5.88. The summed E-state index contributed by atoms with van der Waals surface area (Å²) in [5.74, 6) is 3.15. The minimum absolute atomic E-state index is 0.268. The van der Waals surface area contributed by atoms with Gasteiger partial charge in [0.15, 0.2) is 11.5 Å². The van der Waals surface area contributed by atoms with Gasteiger partial charge in [0, 0.05) is 12.1 Å². The van der Waals surface area contributed by atoms with Crippen molar-refractivity contribution in [3.8, 4) is 17.2 Å². The molecule has 0 saturated carbocycles. The largest absolute Gasteiger partial charge is 0.485 e. The van der Waals surface area contributed by atoms with E-state index in [-0.39, 0.29) is 6.79 Å². The van der Waals surface area contributed by atoms with Gasteiger partial charge in [-0.1, -0.05) is 12.1 Å². The van der Waals surface area contributed by atoms with E-state index in [2.05, 4.69) is 29.9 Å². The van der Waals surface area contributed by atoms with Gasteiger partial charge in [-0.15, -0.1) is 0 Å². The van der Waals surface area contributed by atoms with Crippen molar-refractivity contribution in [1.29, 1.82) is 0 Å². The van der Waals surface area contributed by atoms with E-state index in [4.69, 9.17) is 14.2 Å². The first kappa shape index (κ1) is 13.0. The lowest BCUT2D eigenvalue weighted by atomic mass is 10.1. The van der Waals surface area contributed by atoms with Gasteiger partial charge in [-0.25, -0.2) is 4.98 Å². The van der Waals surface area contributed by atoms with Crippen LogP contribution in [-0.2, 0) is 6.61 Å². The highest BCUT2D eigenvalue weighted by atomic mass is 16.7. The van der Waals surface area contributed by atoms with E-state index < -0.39 is 0 Å². The number of aromatic amines is 1. The summed E-state index contributed by atoms with van der Waals surface area (Å²) in [7, 11) is 0. The fraction of sp³-hybridized carbons (Fsp3) is 0.235. The third-order valence-electron chi connectivity index (χ3n) is 3.94. The summed E-state index contributed by atoms with van der Waals surface area (Å²) in [4.78, 5) is 7.80. The molecule has 2 aromatic carbocycles. The summed E-state index contributed by atoms with van der Waals surface area (Å²) in [6, 6.07) is 9.84. The lowest BCUT2D eigenvalue weighted by molar-refractivity contribution is 0.174. The van der Waals surface area contributed by atoms with Crippen molar-refractivity contribution >= 4 is 11.0 Å². The van der Waals surface area contributed by atoms with Gasteiger partial charge in [-0.3, -0.25) is 0 Å². The Morgan fingerprint density at radius 3 is 2.86 bits per heavy atom. The molecule has 1 aliphatic rings. The summed E-state index contributed by atoms with van der Waals surface area (Å²) >= 11 is 0. The van der Waals surface area contributed by atoms with Crippen molar-refractivity contribution in [3.05, 3.63) is 47.3 Å². The Bertz CT molecular complexity index is 813. The highest BCUT2D eigenvalue weighted by molar-refractivity contribution is 5.80. The number of aromatic nitrogens is 2. The molecule has 1 aromatic heterocycles. The van der Waals surface area contributed by atoms with Crippen LogP contribution in [0.4, 0.5) is 0 Å². The van der Waals surface area contributed by atoms with Crippen LogP contribution >= 0.6 is 0 Å². The number of hydrogen-bond donors (Lipinski definition) is 1. The SMILES string of the molecule is Cc1cccc(OCc2nc3cc4c(cc3[nH]2)OCO4)c1C. The quantitative estimate of drug-likeness (QED) is 0.804. The summed E-state index contributed by atoms with van der Waals surface area (Å²) < 4.78 is 16.6. The maximum absolute atomic E-state index is 5.88. The molecule has 0 radical (unpaired) electrons. The fourth-order valence-corrected chi connectivity index (χ4v) is 2.55. The topological polar surface area (TPSA) is 56.4 Å². The Morgan fingerprint density at radius 2 is 2.00 bits per heavy atom. The van der Waals surface area contributed by atoms with Crippen molar-refractivity contribution in [3.63, 3.8) is 0 Å². The summed E-state index contributed by atoms with van der Waals surface area (Å²) in [5.41, 5.74) is 4.14. The van der Waals surface area contributed by atoms with Crippen LogP contribution in [0.3, 0.4) is 0 Å². The monoisotopic (exact) mass is 296 g/mol. The number of ether oxygens (including phenoxy) is 3. The molecule has 0 spiro atoms. The van der Waals surface area contributed by atoms with E-state index >= 15 is 0 Å². The van der Waals surface area contributed by atoms with Crippen LogP contribution in [0, 0.1) is 13.8 Å². The summed E-state index contributed by atoms with van der Waals surface area (Å²) in [6.07, 6.45) is 0. The molecule has 4 rings (SSSR count). The average molecular weight is 296 g/mol. The van der Waals surface area contributed by atoms with E-state index in [9.17, 15) is 0 Å². The van der Waals surface area contributed by atoms with Gasteiger partial charge < -0.3 is 19.2 Å². The third-order valence-corrected chi connectivity index (χ3v) is 3.94. The number of imidazole rings is 1. The Morgan fingerprint density at radius 1 is 1.18 bits per heavy atom. The maximum Gasteiger partial charge on any atom is 0.231 e. The molecule has 22 heavy (non-hydrogen) atoms. The van der Waals surface area contributed by atoms with Gasteiger partial charge in [-0.2, -0.15) is 0 Å². The minimum Gasteiger partial charge on any atom is -0.485 e. The first-order valence-corrected chi connectivity index (χ1v) is 7.18. The molecule has 3 aromatic rings. The fourth-order valence-electron chi connectivity index (χ4n) is 2.55. The third kappa shape index (κ3) is 2.15. The molecule has 2 heterocycles. The molecule has 1 aliphatic heterocycles. The Kier molecular flexibility index (Phi) is 2.92. The highest BCUT2D eigenvalue weighted by Crippen LogP contribution is 2.35. The van der Waals surface area contributed by atoms with Crippen LogP contribution in [0.15, 0.2) is 30.3 Å². The van der Waals surface area contributed by atoms with Crippen molar-refractivity contribution in [2.75, 3.05) is 6.79 Å². The normalized spacial score (nSPS) is 12.8. The molecule has 5 heteroatoms. The number of fused-ring (bicyclic) bond motifs is 2. The number of H-pyrrole nitrogens is 1. The molecule has 0 saturated heterocycles. The lowest BCUT2D eigenvalue weighted by Crippen LogP contribution is -1.99. The summed E-state index contributed by atoms with van der Waals surface area (Å²) in [6.45, 7) is 4.79. The van der Waals surface area contributed by atoms with Crippen LogP contribution in [0.5, 0.6) is 17.2 Å². The van der Waals surface area contributed by atoms with Crippen LogP contribution in [0.1, 0.15) is 17.0 Å². The Hall–Kier alpha value is -2.69.